The Labute approximate surface area is 109 Å². The van der Waals surface area contributed by atoms with Crippen molar-refractivity contribution < 1.29 is 0 Å². The molecule has 1 fully saturated rings. The van der Waals surface area contributed by atoms with E-state index in [9.17, 15) is 0 Å². The van der Waals surface area contributed by atoms with Crippen molar-refractivity contribution in [2.45, 2.75) is 18.2 Å². The molecule has 0 spiro atoms. The van der Waals surface area contributed by atoms with Gasteiger partial charge in [-0.2, -0.15) is 0 Å². The molecule has 1 saturated heterocycles. The van der Waals surface area contributed by atoms with Gasteiger partial charge in [0.25, 0.3) is 0 Å². The molecule has 0 aromatic heterocycles. The number of hydrogen-bond donors (Lipinski definition) is 0. The fourth-order valence-corrected chi connectivity index (χ4v) is 5.24. The zero-order valence-electron chi connectivity index (χ0n) is 7.59. The van der Waals surface area contributed by atoms with Crippen molar-refractivity contribution in [1.29, 1.82) is 0 Å². The normalized spacial score (nSPS) is 19.9. The third kappa shape index (κ3) is 2.54. The molecule has 1 aliphatic rings. The van der Waals surface area contributed by atoms with E-state index in [1.165, 1.54) is 27.3 Å². The van der Waals surface area contributed by atoms with Crippen LogP contribution in [0.15, 0.2) is 28.7 Å². The molecule has 0 nitrogen and oxygen atoms in total. The van der Waals surface area contributed by atoms with Gasteiger partial charge < -0.3 is 0 Å². The summed E-state index contributed by atoms with van der Waals surface area (Å²) in [7, 11) is 0. The van der Waals surface area contributed by atoms with E-state index >= 15 is 0 Å². The van der Waals surface area contributed by atoms with Crippen molar-refractivity contribution in [3.05, 3.63) is 39.3 Å². The number of allylic oxidation sites excluding steroid dienone is 1. The van der Waals surface area contributed by atoms with E-state index in [0.29, 0.717) is 0 Å². The van der Waals surface area contributed by atoms with Gasteiger partial charge >= 0.3 is 110 Å². The van der Waals surface area contributed by atoms with E-state index in [4.69, 9.17) is 11.6 Å². The Kier molecular flexibility index (Phi) is 3.94. The number of rotatable bonds is 1. The zero-order valence-corrected chi connectivity index (χ0v) is 12.2. The number of benzene rings is 1. The van der Waals surface area contributed by atoms with Crippen LogP contribution in [-0.4, -0.2) is 15.0 Å². The van der Waals surface area contributed by atoms with Gasteiger partial charge in [-0.15, -0.1) is 0 Å². The average Bonchev–Trinajstić information content (AvgIpc) is 2.71. The van der Waals surface area contributed by atoms with E-state index < -0.39 is 0 Å². The molecule has 0 aliphatic carbocycles. The first-order chi connectivity index (χ1) is 6.77. The second-order valence-electron chi connectivity index (χ2n) is 3.20. The fraction of sp³-hybridized carbons (Fsp3) is 0.273. The second kappa shape index (κ2) is 5.02. The zero-order chi connectivity index (χ0) is 9.97. The Morgan fingerprint density at radius 2 is 2.00 bits per heavy atom. The molecule has 74 valence electrons. The van der Waals surface area contributed by atoms with Gasteiger partial charge in [-0.3, -0.25) is 0 Å². The number of halogens is 2. The topological polar surface area (TPSA) is 0 Å². The Balaban J connectivity index is 2.30. The molecule has 0 saturated carbocycles. The van der Waals surface area contributed by atoms with Gasteiger partial charge in [-0.25, -0.2) is 0 Å². The molecule has 0 N–H and O–H groups in total. The van der Waals surface area contributed by atoms with Crippen LogP contribution >= 0.6 is 34.2 Å². The van der Waals surface area contributed by atoms with Crippen molar-refractivity contribution in [3.63, 3.8) is 0 Å². The van der Waals surface area contributed by atoms with Gasteiger partial charge in [-0.05, 0) is 0 Å². The van der Waals surface area contributed by atoms with E-state index in [1.54, 1.807) is 4.47 Å². The van der Waals surface area contributed by atoms with E-state index in [-0.39, 0.29) is 0 Å². The summed E-state index contributed by atoms with van der Waals surface area (Å²) >= 11 is 9.08. The molecule has 14 heavy (non-hydrogen) atoms. The van der Waals surface area contributed by atoms with Crippen LogP contribution < -0.4 is 0 Å². The van der Waals surface area contributed by atoms with Crippen LogP contribution in [0.4, 0.5) is 0 Å². The summed E-state index contributed by atoms with van der Waals surface area (Å²) in [5.41, 5.74) is 1.33. The van der Waals surface area contributed by atoms with Gasteiger partial charge in [0.2, 0.25) is 0 Å². The summed E-state index contributed by atoms with van der Waals surface area (Å²) < 4.78 is 3.14. The first-order valence-electron chi connectivity index (χ1n) is 4.55. The summed E-state index contributed by atoms with van der Waals surface area (Å²) in [5.74, 6) is 0. The third-order valence-electron chi connectivity index (χ3n) is 2.17. The summed E-state index contributed by atoms with van der Waals surface area (Å²) in [4.78, 5) is 0. The first-order valence-corrected chi connectivity index (χ1v) is 8.07. The fourth-order valence-electron chi connectivity index (χ4n) is 1.43. The average molecular weight is 384 g/mol. The van der Waals surface area contributed by atoms with Crippen LogP contribution in [0.3, 0.4) is 0 Å². The van der Waals surface area contributed by atoms with Crippen LogP contribution in [0.5, 0.6) is 0 Å². The molecule has 1 aromatic rings. The Bertz CT molecular complexity index is 348. The molecule has 3 heteroatoms. The molecule has 1 aromatic carbocycles. The van der Waals surface area contributed by atoms with Gasteiger partial charge in [0.1, 0.15) is 0 Å². The van der Waals surface area contributed by atoms with Crippen LogP contribution in [0.1, 0.15) is 18.4 Å². The summed E-state index contributed by atoms with van der Waals surface area (Å²) in [6.45, 7) is 0. The van der Waals surface area contributed by atoms with Crippen molar-refractivity contribution >= 4 is 52.7 Å². The predicted molar refractivity (Wildman–Crippen MR) is 72.2 cm³/mol. The second-order valence-corrected chi connectivity index (χ2v) is 7.21. The maximum absolute atomic E-state index is 5.86. The molecular weight excluding hydrogens is 373 g/mol. The quantitative estimate of drug-likeness (QED) is 0.499. The molecule has 0 radical (unpaired) electrons. The van der Waals surface area contributed by atoms with Gasteiger partial charge in [0, 0.05) is 0 Å². The van der Waals surface area contributed by atoms with Gasteiger partial charge in [-0.1, -0.05) is 0 Å². The van der Waals surface area contributed by atoms with Crippen LogP contribution in [0.25, 0.3) is 3.58 Å². The van der Waals surface area contributed by atoms with Crippen LogP contribution in [0.2, 0.25) is 10.3 Å². The minimum absolute atomic E-state index is 0.746. The SMILES string of the molecule is Clc1ccc(/C(I)=C2/CCC[Se]2)cc1. The molecule has 0 amide bonds. The molecule has 2 rings (SSSR count). The molecular formula is C11H10ClISe. The predicted octanol–water partition coefficient (Wildman–Crippen LogP) is 4.36. The third-order valence-corrected chi connectivity index (χ3v) is 7.14. The monoisotopic (exact) mass is 384 g/mol. The number of hydrogen-bond acceptors (Lipinski definition) is 0. The molecule has 0 unspecified atom stereocenters. The van der Waals surface area contributed by atoms with Crippen molar-refractivity contribution in [1.82, 2.24) is 0 Å². The van der Waals surface area contributed by atoms with E-state index in [1.807, 2.05) is 12.1 Å². The van der Waals surface area contributed by atoms with E-state index in [2.05, 4.69) is 34.7 Å². The summed E-state index contributed by atoms with van der Waals surface area (Å²) in [6.07, 6.45) is 2.69. The van der Waals surface area contributed by atoms with Crippen LogP contribution in [0, 0.1) is 0 Å². The minimum atomic E-state index is 0.746. The Morgan fingerprint density at radius 1 is 1.29 bits per heavy atom. The molecule has 1 aliphatic heterocycles. The van der Waals surface area contributed by atoms with Crippen molar-refractivity contribution in [3.8, 4) is 0 Å². The van der Waals surface area contributed by atoms with Gasteiger partial charge in [0.05, 0.1) is 0 Å². The van der Waals surface area contributed by atoms with Crippen molar-refractivity contribution in [2.75, 3.05) is 0 Å². The first kappa shape index (κ1) is 11.0. The standard InChI is InChI=1S/C11H10ClISe/c12-9-5-3-8(4-6-9)11(13)10-2-1-7-14-10/h3-6H,1-2,7H2/b11-10+. The molecule has 0 atom stereocenters. The van der Waals surface area contributed by atoms with Gasteiger partial charge in [0.15, 0.2) is 0 Å². The Morgan fingerprint density at radius 3 is 2.57 bits per heavy atom. The Hall–Kier alpha value is 0.499. The summed E-state index contributed by atoms with van der Waals surface area (Å²) in [6, 6.07) is 8.17. The molecule has 1 heterocycles. The maximum atomic E-state index is 5.86. The van der Waals surface area contributed by atoms with Crippen LogP contribution in [-0.2, 0) is 0 Å². The molecule has 0 bridgehead atoms. The summed E-state index contributed by atoms with van der Waals surface area (Å²) in [5, 5.41) is 2.24. The van der Waals surface area contributed by atoms with E-state index in [0.717, 1.165) is 20.0 Å². The van der Waals surface area contributed by atoms with Crippen molar-refractivity contribution in [2.24, 2.45) is 0 Å².